The zero-order valence-corrected chi connectivity index (χ0v) is 14.8. The molecule has 2 aromatic rings. The molecule has 1 N–H and O–H groups in total. The summed E-state index contributed by atoms with van der Waals surface area (Å²) in [5.74, 6) is 0. The Morgan fingerprint density at radius 2 is 2.05 bits per heavy atom. The van der Waals surface area contributed by atoms with Crippen LogP contribution in [-0.4, -0.2) is 16.7 Å². The molecule has 1 aromatic heterocycles. The normalized spacial score (nSPS) is 12.6. The van der Waals surface area contributed by atoms with Gasteiger partial charge in [-0.15, -0.1) is 10.2 Å². The van der Waals surface area contributed by atoms with Crippen LogP contribution >= 0.6 is 43.2 Å². The van der Waals surface area contributed by atoms with Crippen molar-refractivity contribution < 1.29 is 0 Å². The quantitative estimate of drug-likeness (QED) is 0.778. The lowest BCUT2D eigenvalue weighted by molar-refractivity contribution is 0.531. The average Bonchev–Trinajstić information content (AvgIpc) is 2.88. The van der Waals surface area contributed by atoms with Crippen LogP contribution in [0.3, 0.4) is 0 Å². The average molecular weight is 405 g/mol. The van der Waals surface area contributed by atoms with Gasteiger partial charge in [-0.2, -0.15) is 0 Å². The minimum absolute atomic E-state index is 0.294. The molecular weight excluding hydrogens is 390 g/mol. The van der Waals surface area contributed by atoms with Crippen LogP contribution in [-0.2, 0) is 0 Å². The van der Waals surface area contributed by atoms with Gasteiger partial charge in [0, 0.05) is 14.5 Å². The van der Waals surface area contributed by atoms with E-state index in [-0.39, 0.29) is 0 Å². The fourth-order valence-corrected chi connectivity index (χ4v) is 3.76. The van der Waals surface area contributed by atoms with E-state index in [9.17, 15) is 0 Å². The van der Waals surface area contributed by atoms with Gasteiger partial charge in [0.25, 0.3) is 0 Å². The molecule has 102 valence electrons. The largest absolute Gasteiger partial charge is 0.308 e. The number of nitrogens with zero attached hydrogens (tertiary/aromatic N) is 2. The van der Waals surface area contributed by atoms with E-state index in [0.717, 1.165) is 37.5 Å². The number of nitrogens with one attached hydrogen (secondary N) is 1. The van der Waals surface area contributed by atoms with Gasteiger partial charge in [0.1, 0.15) is 10.0 Å². The lowest BCUT2D eigenvalue weighted by atomic mass is 10.2. The Morgan fingerprint density at radius 3 is 2.74 bits per heavy atom. The highest BCUT2D eigenvalue weighted by Gasteiger charge is 2.16. The van der Waals surface area contributed by atoms with E-state index in [0.29, 0.717) is 6.04 Å². The first-order chi connectivity index (χ1) is 9.15. The number of benzene rings is 1. The van der Waals surface area contributed by atoms with Crippen molar-refractivity contribution in [3.05, 3.63) is 32.2 Å². The predicted molar refractivity (Wildman–Crippen MR) is 87.5 cm³/mol. The molecule has 0 fully saturated rings. The molecule has 0 saturated carbocycles. The molecule has 1 heterocycles. The molecule has 0 radical (unpaired) electrons. The second kappa shape index (κ2) is 6.92. The van der Waals surface area contributed by atoms with Crippen molar-refractivity contribution in [1.82, 2.24) is 15.5 Å². The zero-order valence-electron chi connectivity index (χ0n) is 10.8. The molecule has 0 bridgehead atoms. The van der Waals surface area contributed by atoms with Crippen molar-refractivity contribution in [2.75, 3.05) is 6.54 Å². The van der Waals surface area contributed by atoms with Crippen LogP contribution in [0.15, 0.2) is 27.1 Å². The summed E-state index contributed by atoms with van der Waals surface area (Å²) >= 11 is 8.70. The Kier molecular flexibility index (Phi) is 5.50. The third kappa shape index (κ3) is 3.62. The van der Waals surface area contributed by atoms with Gasteiger partial charge < -0.3 is 5.32 Å². The van der Waals surface area contributed by atoms with E-state index >= 15 is 0 Å². The van der Waals surface area contributed by atoms with E-state index in [1.54, 1.807) is 11.3 Å². The molecule has 1 unspecified atom stereocenters. The lowest BCUT2D eigenvalue weighted by Gasteiger charge is -2.11. The molecule has 2 rings (SSSR count). The summed E-state index contributed by atoms with van der Waals surface area (Å²) < 4.78 is 2.08. The Labute approximate surface area is 134 Å². The Balaban J connectivity index is 2.32. The summed E-state index contributed by atoms with van der Waals surface area (Å²) in [5, 5.41) is 14.1. The summed E-state index contributed by atoms with van der Waals surface area (Å²) in [6.07, 6.45) is 1.02. The summed E-state index contributed by atoms with van der Waals surface area (Å²) in [6, 6.07) is 6.37. The number of halogens is 2. The summed E-state index contributed by atoms with van der Waals surface area (Å²) in [7, 11) is 0. The molecule has 1 atom stereocenters. The molecule has 19 heavy (non-hydrogen) atoms. The van der Waals surface area contributed by atoms with Crippen LogP contribution in [0.5, 0.6) is 0 Å². The molecule has 0 saturated heterocycles. The first-order valence-electron chi connectivity index (χ1n) is 6.17. The first-order valence-corrected chi connectivity index (χ1v) is 8.58. The van der Waals surface area contributed by atoms with Crippen LogP contribution < -0.4 is 5.32 Å². The van der Waals surface area contributed by atoms with Crippen LogP contribution in [0.2, 0.25) is 0 Å². The number of hydrogen-bond donors (Lipinski definition) is 1. The smallest absolute Gasteiger partial charge is 0.149 e. The molecule has 1 aromatic carbocycles. The second-order valence-corrected chi connectivity index (χ2v) is 6.87. The fraction of sp³-hybridized carbons (Fsp3) is 0.385. The molecule has 0 aliphatic carbocycles. The summed E-state index contributed by atoms with van der Waals surface area (Å²) in [6.45, 7) is 5.20. The van der Waals surface area contributed by atoms with Crippen LogP contribution in [0, 0.1) is 0 Å². The van der Waals surface area contributed by atoms with Crippen molar-refractivity contribution in [2.45, 2.75) is 26.3 Å². The summed E-state index contributed by atoms with van der Waals surface area (Å²) in [4.78, 5) is 0. The molecule has 3 nitrogen and oxygen atoms in total. The zero-order chi connectivity index (χ0) is 13.8. The maximum Gasteiger partial charge on any atom is 0.149 e. The van der Waals surface area contributed by atoms with Crippen molar-refractivity contribution in [3.8, 4) is 10.6 Å². The molecule has 0 amide bonds. The Bertz CT molecular complexity index is 557. The molecular formula is C13H15Br2N3S. The second-order valence-electron chi connectivity index (χ2n) is 4.09. The van der Waals surface area contributed by atoms with Crippen LogP contribution in [0.25, 0.3) is 10.6 Å². The minimum atomic E-state index is 0.294. The maximum absolute atomic E-state index is 4.32. The van der Waals surface area contributed by atoms with Gasteiger partial charge in [-0.3, -0.25) is 0 Å². The standard InChI is InChI=1S/C13H15Br2N3S/c1-3-11(16-4-2)13-18-17-12(19-13)9-7-8(14)5-6-10(9)15/h5-7,11,16H,3-4H2,1-2H3. The number of aromatic nitrogens is 2. The van der Waals surface area contributed by atoms with Crippen molar-refractivity contribution in [2.24, 2.45) is 0 Å². The highest BCUT2D eigenvalue weighted by atomic mass is 79.9. The van der Waals surface area contributed by atoms with Gasteiger partial charge in [-0.05, 0) is 31.2 Å². The SMILES string of the molecule is CCNC(CC)c1nnc(-c2cc(Br)ccc2Br)s1. The molecule has 6 heteroatoms. The highest BCUT2D eigenvalue weighted by Crippen LogP contribution is 2.34. The lowest BCUT2D eigenvalue weighted by Crippen LogP contribution is -2.19. The van der Waals surface area contributed by atoms with Crippen LogP contribution in [0.4, 0.5) is 0 Å². The number of hydrogen-bond acceptors (Lipinski definition) is 4. The van der Waals surface area contributed by atoms with Gasteiger partial charge in [-0.1, -0.05) is 57.0 Å². The van der Waals surface area contributed by atoms with E-state index in [1.807, 2.05) is 12.1 Å². The van der Waals surface area contributed by atoms with E-state index in [2.05, 4.69) is 67.3 Å². The van der Waals surface area contributed by atoms with E-state index in [4.69, 9.17) is 0 Å². The molecule has 0 aliphatic rings. The van der Waals surface area contributed by atoms with Gasteiger partial charge in [0.2, 0.25) is 0 Å². The molecule has 0 spiro atoms. The van der Waals surface area contributed by atoms with Gasteiger partial charge in [0.05, 0.1) is 6.04 Å². The molecule has 0 aliphatic heterocycles. The first kappa shape index (κ1) is 15.1. The van der Waals surface area contributed by atoms with Gasteiger partial charge in [0.15, 0.2) is 0 Å². The van der Waals surface area contributed by atoms with Crippen LogP contribution in [0.1, 0.15) is 31.3 Å². The van der Waals surface area contributed by atoms with E-state index in [1.165, 1.54) is 0 Å². The Morgan fingerprint density at radius 1 is 1.26 bits per heavy atom. The highest BCUT2D eigenvalue weighted by molar-refractivity contribution is 9.11. The minimum Gasteiger partial charge on any atom is -0.308 e. The van der Waals surface area contributed by atoms with E-state index < -0.39 is 0 Å². The van der Waals surface area contributed by atoms with Crippen molar-refractivity contribution in [1.29, 1.82) is 0 Å². The summed E-state index contributed by atoms with van der Waals surface area (Å²) in [5.41, 5.74) is 1.07. The number of rotatable bonds is 5. The topological polar surface area (TPSA) is 37.8 Å². The third-order valence-electron chi connectivity index (χ3n) is 2.76. The third-order valence-corrected chi connectivity index (χ3v) is 5.01. The fourth-order valence-electron chi connectivity index (χ4n) is 1.80. The monoisotopic (exact) mass is 403 g/mol. The maximum atomic E-state index is 4.32. The van der Waals surface area contributed by atoms with Gasteiger partial charge in [-0.25, -0.2) is 0 Å². The van der Waals surface area contributed by atoms with Crippen molar-refractivity contribution in [3.63, 3.8) is 0 Å². The van der Waals surface area contributed by atoms with Crippen molar-refractivity contribution >= 4 is 43.2 Å². The predicted octanol–water partition coefficient (Wildman–Crippen LogP) is 4.79. The Hall–Kier alpha value is -0.300. The van der Waals surface area contributed by atoms with Gasteiger partial charge >= 0.3 is 0 Å².